The molecule has 1 amide bonds. The Labute approximate surface area is 437 Å². The van der Waals surface area contributed by atoms with Gasteiger partial charge in [-0.1, -0.05) is 38.1 Å². The zero-order valence-electron chi connectivity index (χ0n) is 43.3. The van der Waals surface area contributed by atoms with Crippen LogP contribution in [0.1, 0.15) is 131 Å². The maximum atomic E-state index is 15.2. The van der Waals surface area contributed by atoms with Gasteiger partial charge in [0.2, 0.25) is 0 Å². The van der Waals surface area contributed by atoms with Crippen molar-refractivity contribution in [2.45, 2.75) is 138 Å². The van der Waals surface area contributed by atoms with Gasteiger partial charge >= 0.3 is 0 Å². The number of likely N-dealkylation sites (tertiary alicyclic amines) is 2. The number of benzene rings is 3. The fourth-order valence-corrected chi connectivity index (χ4v) is 13.9. The lowest BCUT2D eigenvalue weighted by Crippen LogP contribution is -2.54. The van der Waals surface area contributed by atoms with E-state index in [0.717, 1.165) is 70.2 Å². The minimum atomic E-state index is -4.77. The fraction of sp³-hybridized carbons (Fsp3) is 0.536. The van der Waals surface area contributed by atoms with Gasteiger partial charge in [0.25, 0.3) is 27.5 Å². The van der Waals surface area contributed by atoms with Crippen LogP contribution in [0, 0.1) is 27.3 Å². The minimum Gasteiger partial charge on any atom is -0.489 e. The Morgan fingerprint density at radius 1 is 0.973 bits per heavy atom. The molecule has 75 heavy (non-hydrogen) atoms. The van der Waals surface area contributed by atoms with E-state index in [1.807, 2.05) is 7.05 Å². The van der Waals surface area contributed by atoms with Gasteiger partial charge in [0.15, 0.2) is 17.2 Å². The standard InChI is InChI=1S/C56H69FN8O9S/c1-34(2)40-8-5-6-9-41(40)46-10-7-21-64(46)37-30-56(31-37)19-24-63(25-20-56)36-11-12-42(48(26-36)74-50-29-43-44(57)32-58-52(43)60-54(50)73-38-15-22-62(4)23-16-38)53(66)61-75(70,71)39-27-47(65(68)69)51-49(28-39)72-33-45(59-51)35-13-17-55(3,67)18-14-35/h5-6,8-9,11-12,26-29,32,34-35,37-38,45-46,59,67H,7,10,13-25,30-31,33H2,1-4H3,(H,58,60)(H,61,66)/t35?,45-,46-,55?/m1/s1. The Kier molecular flexibility index (Phi) is 13.7. The van der Waals surface area contributed by atoms with E-state index in [4.69, 9.17) is 14.2 Å². The molecular weight excluding hydrogens is 980 g/mol. The Bertz CT molecular complexity index is 3080. The minimum absolute atomic E-state index is 0.0181. The highest BCUT2D eigenvalue weighted by Crippen LogP contribution is 2.55. The van der Waals surface area contributed by atoms with E-state index in [1.165, 1.54) is 48.4 Å². The summed E-state index contributed by atoms with van der Waals surface area (Å²) in [6.45, 7) is 10.7. The van der Waals surface area contributed by atoms with Crippen molar-refractivity contribution >= 4 is 44.0 Å². The molecule has 1 spiro atoms. The van der Waals surface area contributed by atoms with Gasteiger partial charge in [-0.15, -0.1) is 0 Å². The predicted molar refractivity (Wildman–Crippen MR) is 283 cm³/mol. The van der Waals surface area contributed by atoms with Crippen LogP contribution in [-0.4, -0.2) is 114 Å². The van der Waals surface area contributed by atoms with Crippen molar-refractivity contribution < 1.29 is 41.8 Å². The molecule has 4 N–H and O–H groups in total. The van der Waals surface area contributed by atoms with Crippen molar-refractivity contribution in [2.75, 3.05) is 56.6 Å². The van der Waals surface area contributed by atoms with Crippen molar-refractivity contribution in [2.24, 2.45) is 11.3 Å². The van der Waals surface area contributed by atoms with E-state index in [0.29, 0.717) is 56.5 Å². The molecule has 5 aromatic rings. The monoisotopic (exact) mass is 1050 g/mol. The molecule has 2 aromatic heterocycles. The maximum absolute atomic E-state index is 15.2. The number of fused-ring (bicyclic) bond motifs is 2. The molecule has 3 aromatic carbocycles. The summed E-state index contributed by atoms with van der Waals surface area (Å²) in [6.07, 6.45) is 11.6. The number of rotatable bonds is 13. The third-order valence-electron chi connectivity index (χ3n) is 17.4. The van der Waals surface area contributed by atoms with Crippen LogP contribution in [0.2, 0.25) is 0 Å². The number of anilines is 2. The number of nitro groups is 1. The zero-order valence-corrected chi connectivity index (χ0v) is 44.1. The molecule has 3 saturated heterocycles. The van der Waals surface area contributed by atoms with E-state index in [1.54, 1.807) is 19.1 Å². The molecule has 19 heteroatoms. The number of carbonyl (C=O) groups is 1. The number of amides is 1. The summed E-state index contributed by atoms with van der Waals surface area (Å²) in [5.74, 6) is -1.01. The van der Waals surface area contributed by atoms with E-state index in [-0.39, 0.29) is 75.5 Å². The summed E-state index contributed by atoms with van der Waals surface area (Å²) in [5.41, 5.74) is 2.75. The van der Waals surface area contributed by atoms with Crippen molar-refractivity contribution in [1.29, 1.82) is 0 Å². The number of aromatic amines is 1. The number of sulfonamides is 1. The van der Waals surface area contributed by atoms with Crippen LogP contribution in [0.4, 0.5) is 21.5 Å². The van der Waals surface area contributed by atoms with Gasteiger partial charge in [-0.05, 0) is 138 Å². The predicted octanol–water partition coefficient (Wildman–Crippen LogP) is 9.82. The molecule has 17 nitrogen and oxygen atoms in total. The van der Waals surface area contributed by atoms with Crippen LogP contribution in [0.3, 0.4) is 0 Å². The average Bonchev–Trinajstić information content (AvgIpc) is 4.02. The highest BCUT2D eigenvalue weighted by molar-refractivity contribution is 7.90. The summed E-state index contributed by atoms with van der Waals surface area (Å²) in [6, 6.07) is 18.2. The highest BCUT2D eigenvalue weighted by Gasteiger charge is 2.50. The second-order valence-electron chi connectivity index (χ2n) is 22.9. The summed E-state index contributed by atoms with van der Waals surface area (Å²) in [5, 5.41) is 26.4. The third kappa shape index (κ3) is 10.4. The Morgan fingerprint density at radius 2 is 1.72 bits per heavy atom. The fourth-order valence-electron chi connectivity index (χ4n) is 12.9. The Hall–Kier alpha value is -6.02. The quantitative estimate of drug-likeness (QED) is 0.0640. The van der Waals surface area contributed by atoms with Gasteiger partial charge < -0.3 is 39.4 Å². The number of nitro benzene ring substituents is 1. The molecule has 11 rings (SSSR count). The van der Waals surface area contributed by atoms with Gasteiger partial charge in [0.1, 0.15) is 29.9 Å². The second kappa shape index (κ2) is 20.2. The molecule has 400 valence electrons. The molecule has 2 saturated carbocycles. The van der Waals surface area contributed by atoms with Crippen LogP contribution in [-0.2, 0) is 10.0 Å². The molecule has 6 heterocycles. The number of carbonyl (C=O) groups excluding carboxylic acids is 1. The first-order chi connectivity index (χ1) is 35.9. The smallest absolute Gasteiger partial charge is 0.297 e. The lowest BCUT2D eigenvalue weighted by Gasteiger charge is -2.56. The number of hydrogen-bond donors (Lipinski definition) is 4. The van der Waals surface area contributed by atoms with Gasteiger partial charge in [-0.25, -0.2) is 17.5 Å². The molecule has 4 aliphatic heterocycles. The number of aromatic nitrogens is 2. The maximum Gasteiger partial charge on any atom is 0.297 e. The van der Waals surface area contributed by atoms with E-state index >= 15 is 4.39 Å². The Morgan fingerprint density at radius 3 is 2.45 bits per heavy atom. The largest absolute Gasteiger partial charge is 0.489 e. The lowest BCUT2D eigenvalue weighted by molar-refractivity contribution is -0.384. The molecule has 6 aliphatic rings. The first-order valence-electron chi connectivity index (χ1n) is 26.9. The van der Waals surface area contributed by atoms with Crippen LogP contribution in [0.5, 0.6) is 23.1 Å². The molecule has 0 unspecified atom stereocenters. The van der Waals surface area contributed by atoms with Gasteiger partial charge in [0, 0.05) is 74.4 Å². The summed E-state index contributed by atoms with van der Waals surface area (Å²) in [4.78, 5) is 40.5. The van der Waals surface area contributed by atoms with E-state index < -0.39 is 42.9 Å². The zero-order chi connectivity index (χ0) is 52.4. The summed E-state index contributed by atoms with van der Waals surface area (Å²) < 4.78 is 65.0. The van der Waals surface area contributed by atoms with Crippen molar-refractivity contribution in [3.8, 4) is 23.1 Å². The van der Waals surface area contributed by atoms with E-state index in [2.05, 4.69) is 72.8 Å². The van der Waals surface area contributed by atoms with Crippen molar-refractivity contribution in [3.63, 3.8) is 0 Å². The van der Waals surface area contributed by atoms with Crippen LogP contribution < -0.4 is 29.1 Å². The SMILES string of the molecule is CC(C)c1ccccc1[C@H]1CCCN1C1CC2(CCN(c3ccc(C(=O)NS(=O)(=O)c4cc5c(c([N+](=O)[O-])c4)N[C@@H](C4CCC(C)(O)CC4)CO5)c(Oc4cc5c(F)c[nH]c5nc4OC4CCN(C)CC4)c3)CC2)C1. The van der Waals surface area contributed by atoms with Gasteiger partial charge in [-0.2, -0.15) is 4.98 Å². The number of ether oxygens (including phenoxy) is 3. The number of hydrogen-bond acceptors (Lipinski definition) is 14. The topological polar surface area (TPSA) is 205 Å². The van der Waals surface area contributed by atoms with Crippen molar-refractivity contribution in [3.05, 3.63) is 99.5 Å². The molecule has 2 aliphatic carbocycles. The number of nitrogens with one attached hydrogen (secondary N) is 3. The number of pyridine rings is 1. The highest BCUT2D eigenvalue weighted by atomic mass is 32.2. The van der Waals surface area contributed by atoms with Crippen LogP contribution in [0.25, 0.3) is 11.0 Å². The molecule has 0 radical (unpaired) electrons. The first kappa shape index (κ1) is 51.1. The molecule has 2 atom stereocenters. The van der Waals surface area contributed by atoms with E-state index in [9.17, 15) is 28.4 Å². The summed E-state index contributed by atoms with van der Waals surface area (Å²) in [7, 11) is -2.73. The second-order valence-corrected chi connectivity index (χ2v) is 24.5. The third-order valence-corrected chi connectivity index (χ3v) is 18.7. The van der Waals surface area contributed by atoms with Gasteiger partial charge in [0.05, 0.1) is 32.4 Å². The van der Waals surface area contributed by atoms with Gasteiger partial charge in [-0.3, -0.25) is 19.8 Å². The van der Waals surface area contributed by atoms with Crippen LogP contribution >= 0.6 is 0 Å². The molecule has 5 fully saturated rings. The Balaban J connectivity index is 0.856. The number of halogens is 1. The van der Waals surface area contributed by atoms with Crippen molar-refractivity contribution in [1.82, 2.24) is 24.5 Å². The number of aliphatic hydroxyl groups is 1. The number of piperidine rings is 2. The normalized spacial score (nSPS) is 24.6. The first-order valence-corrected chi connectivity index (χ1v) is 28.4. The number of nitrogens with zero attached hydrogens (tertiary/aromatic N) is 5. The summed E-state index contributed by atoms with van der Waals surface area (Å²) >= 11 is 0. The molecular formula is C56H69FN8O9S. The lowest BCUT2D eigenvalue weighted by atomic mass is 9.59. The average molecular weight is 1050 g/mol. The number of H-pyrrole nitrogens is 1. The molecule has 0 bridgehead atoms. The van der Waals surface area contributed by atoms with Crippen LogP contribution in [0.15, 0.2) is 71.8 Å².